The summed E-state index contributed by atoms with van der Waals surface area (Å²) in [4.78, 5) is 16.2. The van der Waals surface area contributed by atoms with Gasteiger partial charge in [0.2, 0.25) is 0 Å². The molecule has 0 atom stereocenters. The smallest absolute Gasteiger partial charge is 0.262 e. The summed E-state index contributed by atoms with van der Waals surface area (Å²) in [5.74, 6) is -0.218. The molecule has 1 heterocycles. The molecule has 2 aromatic carbocycles. The first-order valence-electron chi connectivity index (χ1n) is 8.91. The maximum Gasteiger partial charge on any atom is 0.262 e. The number of ether oxygens (including phenoxy) is 1. The van der Waals surface area contributed by atoms with E-state index in [1.807, 2.05) is 12.1 Å². The number of nitriles is 1. The van der Waals surface area contributed by atoms with Crippen LogP contribution in [0.5, 0.6) is 5.75 Å². The first-order chi connectivity index (χ1) is 14.2. The Morgan fingerprint density at radius 2 is 1.93 bits per heavy atom. The maximum atomic E-state index is 13.6. The van der Waals surface area contributed by atoms with Crippen molar-refractivity contribution in [3.05, 3.63) is 101 Å². The van der Waals surface area contributed by atoms with Gasteiger partial charge in [-0.1, -0.05) is 36.4 Å². The number of hydrogen-bond acceptors (Lipinski definition) is 4. The highest BCUT2D eigenvalue weighted by molar-refractivity contribution is 6.01. The van der Waals surface area contributed by atoms with Crippen LogP contribution in [-0.2, 0) is 17.9 Å². The Balaban J connectivity index is 1.60. The van der Waals surface area contributed by atoms with Crippen LogP contribution in [0.15, 0.2) is 78.6 Å². The molecule has 0 bridgehead atoms. The van der Waals surface area contributed by atoms with Crippen molar-refractivity contribution in [2.24, 2.45) is 0 Å². The number of hydrogen-bond donors (Lipinski definition) is 1. The number of halogens is 1. The van der Waals surface area contributed by atoms with E-state index < -0.39 is 5.91 Å². The monoisotopic (exact) mass is 387 g/mol. The van der Waals surface area contributed by atoms with Crippen LogP contribution in [0.25, 0.3) is 6.08 Å². The maximum absolute atomic E-state index is 13.6. The molecule has 0 unspecified atom stereocenters. The Morgan fingerprint density at radius 1 is 1.14 bits per heavy atom. The zero-order chi connectivity index (χ0) is 20.5. The second-order valence-electron chi connectivity index (χ2n) is 6.16. The lowest BCUT2D eigenvalue weighted by Gasteiger charge is -2.07. The fourth-order valence-corrected chi connectivity index (χ4v) is 2.53. The molecule has 6 heteroatoms. The summed E-state index contributed by atoms with van der Waals surface area (Å²) in [5.41, 5.74) is 1.98. The molecule has 1 N–H and O–H groups in total. The van der Waals surface area contributed by atoms with Gasteiger partial charge in [0.1, 0.15) is 29.8 Å². The largest absolute Gasteiger partial charge is 0.489 e. The van der Waals surface area contributed by atoms with E-state index in [2.05, 4.69) is 10.3 Å². The van der Waals surface area contributed by atoms with Crippen molar-refractivity contribution in [1.29, 1.82) is 5.26 Å². The van der Waals surface area contributed by atoms with Gasteiger partial charge in [-0.3, -0.25) is 9.78 Å². The standard InChI is InChI=1S/C23H18FN3O2/c24-22-6-2-1-5-19(22)16-29-21-9-7-17(8-10-21)12-20(13-25)23(28)27-15-18-4-3-11-26-14-18/h1-12,14H,15-16H2,(H,27,28)/b20-12-. The van der Waals surface area contributed by atoms with E-state index in [-0.39, 0.29) is 24.5 Å². The molecular weight excluding hydrogens is 369 g/mol. The highest BCUT2D eigenvalue weighted by Crippen LogP contribution is 2.17. The third-order valence-corrected chi connectivity index (χ3v) is 4.08. The van der Waals surface area contributed by atoms with Crippen molar-refractivity contribution in [3.8, 4) is 11.8 Å². The van der Waals surface area contributed by atoms with Gasteiger partial charge >= 0.3 is 0 Å². The molecule has 144 valence electrons. The predicted octanol–water partition coefficient (Wildman–Crippen LogP) is 4.02. The zero-order valence-electron chi connectivity index (χ0n) is 15.5. The van der Waals surface area contributed by atoms with E-state index in [4.69, 9.17) is 4.74 Å². The zero-order valence-corrected chi connectivity index (χ0v) is 15.5. The van der Waals surface area contributed by atoms with Crippen LogP contribution in [0.4, 0.5) is 4.39 Å². The number of carbonyl (C=O) groups excluding carboxylic acids is 1. The number of rotatable bonds is 7. The number of nitrogens with one attached hydrogen (secondary N) is 1. The molecule has 29 heavy (non-hydrogen) atoms. The molecule has 0 radical (unpaired) electrons. The molecule has 1 aromatic heterocycles. The van der Waals surface area contributed by atoms with Gasteiger partial charge in [-0.05, 0) is 41.5 Å². The minimum absolute atomic E-state index is 0.00563. The second-order valence-corrected chi connectivity index (χ2v) is 6.16. The molecule has 0 aliphatic heterocycles. The number of nitrogens with zero attached hydrogens (tertiary/aromatic N) is 2. The number of amides is 1. The van der Waals surface area contributed by atoms with Gasteiger partial charge in [0.15, 0.2) is 0 Å². The van der Waals surface area contributed by atoms with E-state index >= 15 is 0 Å². The normalized spacial score (nSPS) is 10.8. The van der Waals surface area contributed by atoms with Crippen molar-refractivity contribution < 1.29 is 13.9 Å². The molecule has 0 spiro atoms. The Bertz CT molecular complexity index is 1040. The van der Waals surface area contributed by atoms with E-state index in [9.17, 15) is 14.4 Å². The van der Waals surface area contributed by atoms with Gasteiger partial charge < -0.3 is 10.1 Å². The van der Waals surface area contributed by atoms with E-state index in [1.54, 1.807) is 60.9 Å². The first kappa shape index (κ1) is 19.8. The molecule has 0 aliphatic rings. The van der Waals surface area contributed by atoms with Gasteiger partial charge in [0.25, 0.3) is 5.91 Å². The number of benzene rings is 2. The van der Waals surface area contributed by atoms with E-state index in [0.29, 0.717) is 16.9 Å². The van der Waals surface area contributed by atoms with Gasteiger partial charge in [-0.15, -0.1) is 0 Å². The summed E-state index contributed by atoms with van der Waals surface area (Å²) in [6.07, 6.45) is 4.80. The molecule has 3 aromatic rings. The minimum atomic E-state index is -0.462. The fraction of sp³-hybridized carbons (Fsp3) is 0.0870. The average molecular weight is 387 g/mol. The quantitative estimate of drug-likeness (QED) is 0.491. The lowest BCUT2D eigenvalue weighted by Crippen LogP contribution is -2.23. The fourth-order valence-electron chi connectivity index (χ4n) is 2.53. The Labute approximate surface area is 168 Å². The Morgan fingerprint density at radius 3 is 2.62 bits per heavy atom. The van der Waals surface area contributed by atoms with Crippen LogP contribution in [0.1, 0.15) is 16.7 Å². The van der Waals surface area contributed by atoms with Crippen LogP contribution in [0.2, 0.25) is 0 Å². The highest BCUT2D eigenvalue weighted by Gasteiger charge is 2.09. The molecule has 0 aliphatic carbocycles. The summed E-state index contributed by atoms with van der Waals surface area (Å²) in [6.45, 7) is 0.399. The minimum Gasteiger partial charge on any atom is -0.489 e. The SMILES string of the molecule is N#C/C(=C/c1ccc(OCc2ccccc2F)cc1)C(=O)NCc1cccnc1. The third-order valence-electron chi connectivity index (χ3n) is 4.08. The summed E-state index contributed by atoms with van der Waals surface area (Å²) < 4.78 is 19.2. The van der Waals surface area contributed by atoms with Gasteiger partial charge in [0, 0.05) is 24.5 Å². The Hall–Kier alpha value is -3.98. The lowest BCUT2D eigenvalue weighted by molar-refractivity contribution is -0.117. The number of carbonyl (C=O) groups is 1. The van der Waals surface area contributed by atoms with E-state index in [1.165, 1.54) is 12.1 Å². The van der Waals surface area contributed by atoms with Crippen molar-refractivity contribution in [2.75, 3.05) is 0 Å². The molecule has 5 nitrogen and oxygen atoms in total. The summed E-state index contributed by atoms with van der Waals surface area (Å²) >= 11 is 0. The van der Waals surface area contributed by atoms with Crippen LogP contribution in [0.3, 0.4) is 0 Å². The van der Waals surface area contributed by atoms with E-state index in [0.717, 1.165) is 5.56 Å². The van der Waals surface area contributed by atoms with Gasteiger partial charge in [-0.2, -0.15) is 5.26 Å². The summed E-state index contributed by atoms with van der Waals surface area (Å²) in [7, 11) is 0. The highest BCUT2D eigenvalue weighted by atomic mass is 19.1. The number of aromatic nitrogens is 1. The first-order valence-corrected chi connectivity index (χ1v) is 8.91. The van der Waals surface area contributed by atoms with Crippen LogP contribution >= 0.6 is 0 Å². The van der Waals surface area contributed by atoms with Crippen molar-refractivity contribution >= 4 is 12.0 Å². The molecule has 1 amide bonds. The summed E-state index contributed by atoms with van der Waals surface area (Å²) in [6, 6.07) is 18.8. The molecule has 0 saturated heterocycles. The third kappa shape index (κ3) is 5.75. The second kappa shape index (κ2) is 9.81. The molecule has 0 fully saturated rings. The summed E-state index contributed by atoms with van der Waals surface area (Å²) in [5, 5.41) is 12.0. The van der Waals surface area contributed by atoms with Crippen LogP contribution < -0.4 is 10.1 Å². The van der Waals surface area contributed by atoms with Crippen molar-refractivity contribution in [1.82, 2.24) is 10.3 Å². The van der Waals surface area contributed by atoms with Crippen LogP contribution in [-0.4, -0.2) is 10.9 Å². The van der Waals surface area contributed by atoms with Gasteiger partial charge in [0.05, 0.1) is 0 Å². The van der Waals surface area contributed by atoms with Crippen LogP contribution in [0, 0.1) is 17.1 Å². The molecular formula is C23H18FN3O2. The topological polar surface area (TPSA) is 75.0 Å². The predicted molar refractivity (Wildman–Crippen MR) is 107 cm³/mol. The molecule has 0 saturated carbocycles. The molecule has 3 rings (SSSR count). The number of pyridine rings is 1. The average Bonchev–Trinajstić information content (AvgIpc) is 2.77. The van der Waals surface area contributed by atoms with Crippen molar-refractivity contribution in [3.63, 3.8) is 0 Å². The lowest BCUT2D eigenvalue weighted by atomic mass is 10.1. The Kier molecular flexibility index (Phi) is 6.69. The van der Waals surface area contributed by atoms with Crippen molar-refractivity contribution in [2.45, 2.75) is 13.2 Å². The van der Waals surface area contributed by atoms with Gasteiger partial charge in [-0.25, -0.2) is 4.39 Å².